The topological polar surface area (TPSA) is 40.6 Å². The minimum Gasteiger partial charge on any atom is -0.342 e. The van der Waals surface area contributed by atoms with Gasteiger partial charge in [0.15, 0.2) is 0 Å². The lowest BCUT2D eigenvalue weighted by molar-refractivity contribution is -0.144. The number of thiophene rings is 1. The number of aryl methyl sites for hydroxylation is 1. The van der Waals surface area contributed by atoms with Crippen LogP contribution in [0.5, 0.6) is 0 Å². The zero-order valence-electron chi connectivity index (χ0n) is 9.89. The van der Waals surface area contributed by atoms with Gasteiger partial charge in [0.2, 0.25) is 11.8 Å². The predicted molar refractivity (Wildman–Crippen MR) is 66.9 cm³/mol. The van der Waals surface area contributed by atoms with E-state index in [0.717, 1.165) is 6.42 Å². The summed E-state index contributed by atoms with van der Waals surface area (Å²) < 4.78 is 0. The summed E-state index contributed by atoms with van der Waals surface area (Å²) in [5.41, 5.74) is 0. The van der Waals surface area contributed by atoms with Crippen molar-refractivity contribution in [1.82, 2.24) is 9.80 Å². The Morgan fingerprint density at radius 3 is 2.94 bits per heavy atom. The molecule has 0 bridgehead atoms. The summed E-state index contributed by atoms with van der Waals surface area (Å²) in [6.07, 6.45) is 1.27. The number of carbonyl (C=O) groups is 2. The van der Waals surface area contributed by atoms with E-state index in [9.17, 15) is 9.59 Å². The average molecular weight is 252 g/mol. The van der Waals surface area contributed by atoms with Crippen LogP contribution >= 0.6 is 11.3 Å². The summed E-state index contributed by atoms with van der Waals surface area (Å²) in [7, 11) is 1.77. The van der Waals surface area contributed by atoms with Crippen LogP contribution in [0.3, 0.4) is 0 Å². The highest BCUT2D eigenvalue weighted by molar-refractivity contribution is 7.09. The van der Waals surface area contributed by atoms with Crippen molar-refractivity contribution in [3.8, 4) is 0 Å². The zero-order chi connectivity index (χ0) is 12.3. The third-order valence-corrected chi connectivity index (χ3v) is 3.91. The van der Waals surface area contributed by atoms with Crippen LogP contribution in [0.15, 0.2) is 17.5 Å². The monoisotopic (exact) mass is 252 g/mol. The van der Waals surface area contributed by atoms with E-state index < -0.39 is 0 Å². The van der Waals surface area contributed by atoms with Crippen molar-refractivity contribution in [2.45, 2.75) is 12.8 Å². The first-order valence-corrected chi connectivity index (χ1v) is 6.59. The van der Waals surface area contributed by atoms with Crippen LogP contribution in [0, 0.1) is 0 Å². The van der Waals surface area contributed by atoms with Crippen LogP contribution in [-0.2, 0) is 16.0 Å². The SMILES string of the molecule is CN1CCN(C(=O)CCc2cccs2)CC1=O. The third kappa shape index (κ3) is 3.06. The maximum atomic E-state index is 11.9. The van der Waals surface area contributed by atoms with Crippen LogP contribution < -0.4 is 0 Å². The molecule has 1 aromatic heterocycles. The van der Waals surface area contributed by atoms with Gasteiger partial charge in [0, 0.05) is 31.4 Å². The van der Waals surface area contributed by atoms with Crippen molar-refractivity contribution >= 4 is 23.2 Å². The van der Waals surface area contributed by atoms with Crippen LogP contribution in [0.25, 0.3) is 0 Å². The highest BCUT2D eigenvalue weighted by Crippen LogP contribution is 2.12. The molecule has 1 fully saturated rings. The number of rotatable bonds is 3. The zero-order valence-corrected chi connectivity index (χ0v) is 10.7. The number of nitrogens with zero attached hydrogens (tertiary/aromatic N) is 2. The second-order valence-corrected chi connectivity index (χ2v) is 5.24. The van der Waals surface area contributed by atoms with E-state index in [0.29, 0.717) is 19.5 Å². The van der Waals surface area contributed by atoms with Crippen LogP contribution in [0.4, 0.5) is 0 Å². The van der Waals surface area contributed by atoms with Gasteiger partial charge in [-0.05, 0) is 17.9 Å². The van der Waals surface area contributed by atoms with Gasteiger partial charge in [0.05, 0.1) is 6.54 Å². The van der Waals surface area contributed by atoms with Crippen molar-refractivity contribution in [2.24, 2.45) is 0 Å². The predicted octanol–water partition coefficient (Wildman–Crippen LogP) is 0.981. The molecule has 1 aromatic rings. The summed E-state index contributed by atoms with van der Waals surface area (Å²) in [6, 6.07) is 4.02. The molecule has 1 aliphatic rings. The van der Waals surface area contributed by atoms with Gasteiger partial charge < -0.3 is 9.80 Å². The minimum absolute atomic E-state index is 0.0284. The van der Waals surface area contributed by atoms with Crippen molar-refractivity contribution in [3.63, 3.8) is 0 Å². The molecule has 4 nitrogen and oxygen atoms in total. The van der Waals surface area contributed by atoms with E-state index in [4.69, 9.17) is 0 Å². The molecule has 2 heterocycles. The molecule has 0 aliphatic carbocycles. The second kappa shape index (κ2) is 5.31. The molecule has 0 N–H and O–H groups in total. The Bertz CT molecular complexity index is 403. The lowest BCUT2D eigenvalue weighted by atomic mass is 10.2. The number of hydrogen-bond donors (Lipinski definition) is 0. The first kappa shape index (κ1) is 12.1. The van der Waals surface area contributed by atoms with Gasteiger partial charge in [-0.3, -0.25) is 9.59 Å². The van der Waals surface area contributed by atoms with Crippen LogP contribution in [0.1, 0.15) is 11.3 Å². The summed E-state index contributed by atoms with van der Waals surface area (Å²) in [4.78, 5) is 27.9. The summed E-state index contributed by atoms with van der Waals surface area (Å²) in [5, 5.41) is 2.01. The fraction of sp³-hybridized carbons (Fsp3) is 0.500. The van der Waals surface area contributed by atoms with Crippen LogP contribution in [-0.4, -0.2) is 48.3 Å². The summed E-state index contributed by atoms with van der Waals surface area (Å²) in [6.45, 7) is 1.54. The van der Waals surface area contributed by atoms with Gasteiger partial charge in [-0.25, -0.2) is 0 Å². The average Bonchev–Trinajstić information content (AvgIpc) is 2.82. The number of likely N-dealkylation sites (N-methyl/N-ethyl adjacent to an activating group) is 1. The number of amides is 2. The standard InChI is InChI=1S/C12H16N2O2S/c1-13-6-7-14(9-12(13)16)11(15)5-4-10-3-2-8-17-10/h2-3,8H,4-7,9H2,1H3. The molecule has 0 atom stereocenters. The molecule has 1 aliphatic heterocycles. The van der Waals surface area contributed by atoms with Gasteiger partial charge in [-0.2, -0.15) is 0 Å². The molecule has 0 unspecified atom stereocenters. The molecule has 5 heteroatoms. The fourth-order valence-corrected chi connectivity index (χ4v) is 2.52. The Morgan fingerprint density at radius 2 is 2.29 bits per heavy atom. The first-order valence-electron chi connectivity index (χ1n) is 5.71. The highest BCUT2D eigenvalue weighted by Gasteiger charge is 2.24. The Hall–Kier alpha value is -1.36. The fourth-order valence-electron chi connectivity index (χ4n) is 1.81. The summed E-state index contributed by atoms with van der Waals surface area (Å²) in [5.74, 6) is 0.112. The van der Waals surface area contributed by atoms with Gasteiger partial charge in [-0.15, -0.1) is 11.3 Å². The molecule has 2 amide bonds. The number of piperazine rings is 1. The molecule has 2 rings (SSSR count). The van der Waals surface area contributed by atoms with Crippen molar-refractivity contribution in [3.05, 3.63) is 22.4 Å². The summed E-state index contributed by atoms with van der Waals surface area (Å²) >= 11 is 1.67. The Balaban J connectivity index is 1.82. The molecule has 1 saturated heterocycles. The second-order valence-electron chi connectivity index (χ2n) is 4.21. The smallest absolute Gasteiger partial charge is 0.241 e. The number of hydrogen-bond acceptors (Lipinski definition) is 3. The van der Waals surface area contributed by atoms with E-state index in [1.54, 1.807) is 28.2 Å². The normalized spacial score (nSPS) is 16.4. The van der Waals surface area contributed by atoms with Crippen molar-refractivity contribution in [2.75, 3.05) is 26.7 Å². The van der Waals surface area contributed by atoms with Gasteiger partial charge >= 0.3 is 0 Å². The van der Waals surface area contributed by atoms with Gasteiger partial charge in [0.1, 0.15) is 0 Å². The highest BCUT2D eigenvalue weighted by atomic mass is 32.1. The molecular weight excluding hydrogens is 236 g/mol. The van der Waals surface area contributed by atoms with E-state index >= 15 is 0 Å². The Morgan fingerprint density at radius 1 is 1.47 bits per heavy atom. The van der Waals surface area contributed by atoms with Crippen molar-refractivity contribution in [1.29, 1.82) is 0 Å². The molecule has 0 saturated carbocycles. The Labute approximate surface area is 105 Å². The molecule has 17 heavy (non-hydrogen) atoms. The lowest BCUT2D eigenvalue weighted by Crippen LogP contribution is -2.50. The van der Waals surface area contributed by atoms with Gasteiger partial charge in [-0.1, -0.05) is 6.07 Å². The minimum atomic E-state index is 0.0284. The quantitative estimate of drug-likeness (QED) is 0.804. The maximum Gasteiger partial charge on any atom is 0.241 e. The molecule has 0 radical (unpaired) electrons. The largest absolute Gasteiger partial charge is 0.342 e. The van der Waals surface area contributed by atoms with E-state index in [2.05, 4.69) is 0 Å². The molecular formula is C12H16N2O2S. The maximum absolute atomic E-state index is 11.9. The Kier molecular flexibility index (Phi) is 3.78. The lowest BCUT2D eigenvalue weighted by Gasteiger charge is -2.32. The van der Waals surface area contributed by atoms with Crippen molar-refractivity contribution < 1.29 is 9.59 Å². The van der Waals surface area contributed by atoms with Crippen LogP contribution in [0.2, 0.25) is 0 Å². The number of carbonyl (C=O) groups excluding carboxylic acids is 2. The first-order chi connectivity index (χ1) is 8.16. The molecule has 92 valence electrons. The molecule has 0 aromatic carbocycles. The van der Waals surface area contributed by atoms with E-state index in [1.165, 1.54) is 4.88 Å². The van der Waals surface area contributed by atoms with E-state index in [1.807, 2.05) is 17.5 Å². The molecule has 0 spiro atoms. The van der Waals surface area contributed by atoms with Gasteiger partial charge in [0.25, 0.3) is 0 Å². The van der Waals surface area contributed by atoms with E-state index in [-0.39, 0.29) is 18.4 Å². The third-order valence-electron chi connectivity index (χ3n) is 2.98.